The van der Waals surface area contributed by atoms with Gasteiger partial charge in [0.2, 0.25) is 0 Å². The third kappa shape index (κ3) is 3.36. The van der Waals surface area contributed by atoms with E-state index in [0.717, 1.165) is 18.0 Å². The fourth-order valence-electron chi connectivity index (χ4n) is 3.46. The number of hydrogen-bond acceptors (Lipinski definition) is 4. The van der Waals surface area contributed by atoms with Gasteiger partial charge < -0.3 is 15.0 Å². The van der Waals surface area contributed by atoms with Crippen molar-refractivity contribution in [2.24, 2.45) is 0 Å². The average Bonchev–Trinajstić information content (AvgIpc) is 3.04. The average molecular weight is 359 g/mol. The number of amides is 1. The van der Waals surface area contributed by atoms with E-state index in [2.05, 4.69) is 40.3 Å². The van der Waals surface area contributed by atoms with Gasteiger partial charge in [-0.2, -0.15) is 0 Å². The van der Waals surface area contributed by atoms with E-state index in [-0.39, 0.29) is 5.91 Å². The summed E-state index contributed by atoms with van der Waals surface area (Å²) in [6.07, 6.45) is 2.71. The van der Waals surface area contributed by atoms with Gasteiger partial charge in [0.1, 0.15) is 11.6 Å². The van der Waals surface area contributed by atoms with Crippen LogP contribution in [0, 0.1) is 0 Å². The Bertz CT molecular complexity index is 952. The topological polar surface area (TPSA) is 54.5 Å². The van der Waals surface area contributed by atoms with Crippen LogP contribution in [0.2, 0.25) is 0 Å². The molecule has 136 valence electrons. The van der Waals surface area contributed by atoms with Gasteiger partial charge in [-0.1, -0.05) is 18.2 Å². The molecular formula is C22H21N3O2. The van der Waals surface area contributed by atoms with E-state index >= 15 is 0 Å². The minimum atomic E-state index is -0.174. The molecule has 0 bridgehead atoms. The lowest BCUT2D eigenvalue weighted by atomic mass is 10.1. The Morgan fingerprint density at radius 2 is 1.89 bits per heavy atom. The fraction of sp³-hybridized carbons (Fsp3) is 0.182. The van der Waals surface area contributed by atoms with Crippen LogP contribution in [-0.2, 0) is 6.42 Å². The molecule has 1 N–H and O–H groups in total. The Balaban J connectivity index is 1.50. The van der Waals surface area contributed by atoms with E-state index in [9.17, 15) is 4.79 Å². The number of benzene rings is 2. The SMILES string of the molecule is COc1ccc(C(=O)Nc2ccc(N3c4ccccc4CC3C)nc2)cc1. The third-order valence-corrected chi connectivity index (χ3v) is 4.81. The molecule has 4 rings (SSSR count). The number of nitrogens with zero attached hydrogens (tertiary/aromatic N) is 2. The van der Waals surface area contributed by atoms with Crippen molar-refractivity contribution in [1.82, 2.24) is 4.98 Å². The van der Waals surface area contributed by atoms with Crippen molar-refractivity contribution < 1.29 is 9.53 Å². The van der Waals surface area contributed by atoms with Crippen LogP contribution in [0.4, 0.5) is 17.2 Å². The Morgan fingerprint density at radius 3 is 2.59 bits per heavy atom. The van der Waals surface area contributed by atoms with Crippen LogP contribution in [0.25, 0.3) is 0 Å². The first kappa shape index (κ1) is 17.1. The fourth-order valence-corrected chi connectivity index (χ4v) is 3.46. The first-order valence-corrected chi connectivity index (χ1v) is 8.94. The standard InChI is InChI=1S/C22H21N3O2/c1-15-13-17-5-3-4-6-20(17)25(15)21-12-9-18(14-23-21)24-22(26)16-7-10-19(27-2)11-8-16/h3-12,14-15H,13H2,1-2H3,(H,24,26). The normalized spacial score (nSPS) is 15.3. The molecule has 1 aliphatic rings. The number of fused-ring (bicyclic) bond motifs is 1. The molecule has 27 heavy (non-hydrogen) atoms. The summed E-state index contributed by atoms with van der Waals surface area (Å²) in [5.41, 5.74) is 3.78. The summed E-state index contributed by atoms with van der Waals surface area (Å²) < 4.78 is 5.12. The molecule has 5 nitrogen and oxygen atoms in total. The van der Waals surface area contributed by atoms with E-state index in [1.807, 2.05) is 18.2 Å². The van der Waals surface area contributed by atoms with Gasteiger partial charge in [-0.15, -0.1) is 0 Å². The van der Waals surface area contributed by atoms with E-state index in [4.69, 9.17) is 4.74 Å². The quantitative estimate of drug-likeness (QED) is 0.749. The number of pyridine rings is 1. The largest absolute Gasteiger partial charge is 0.497 e. The van der Waals surface area contributed by atoms with Crippen molar-refractivity contribution in [2.75, 3.05) is 17.3 Å². The highest BCUT2D eigenvalue weighted by atomic mass is 16.5. The number of aromatic nitrogens is 1. The number of hydrogen-bond donors (Lipinski definition) is 1. The van der Waals surface area contributed by atoms with E-state index in [0.29, 0.717) is 17.3 Å². The van der Waals surface area contributed by atoms with Crippen LogP contribution in [0.1, 0.15) is 22.8 Å². The number of ether oxygens (including phenoxy) is 1. The van der Waals surface area contributed by atoms with Crippen molar-refractivity contribution in [3.8, 4) is 5.75 Å². The zero-order valence-corrected chi connectivity index (χ0v) is 15.3. The van der Waals surface area contributed by atoms with Crippen LogP contribution in [-0.4, -0.2) is 24.0 Å². The molecular weight excluding hydrogens is 338 g/mol. The summed E-state index contributed by atoms with van der Waals surface area (Å²) in [5, 5.41) is 2.88. The maximum atomic E-state index is 12.4. The second kappa shape index (κ2) is 7.11. The third-order valence-electron chi connectivity index (χ3n) is 4.81. The Labute approximate surface area is 158 Å². The van der Waals surface area contributed by atoms with Crippen LogP contribution < -0.4 is 15.0 Å². The first-order valence-electron chi connectivity index (χ1n) is 8.94. The summed E-state index contributed by atoms with van der Waals surface area (Å²) in [5.74, 6) is 1.43. The zero-order valence-electron chi connectivity index (χ0n) is 15.3. The van der Waals surface area contributed by atoms with Gasteiger partial charge >= 0.3 is 0 Å². The van der Waals surface area contributed by atoms with Crippen LogP contribution >= 0.6 is 0 Å². The Kier molecular flexibility index (Phi) is 4.50. The molecule has 1 atom stereocenters. The van der Waals surface area contributed by atoms with Crippen LogP contribution in [0.5, 0.6) is 5.75 Å². The Morgan fingerprint density at radius 1 is 1.11 bits per heavy atom. The van der Waals surface area contributed by atoms with Gasteiger partial charge in [0, 0.05) is 17.3 Å². The van der Waals surface area contributed by atoms with Crippen LogP contribution in [0.3, 0.4) is 0 Å². The molecule has 0 spiro atoms. The van der Waals surface area contributed by atoms with Crippen molar-refractivity contribution in [3.63, 3.8) is 0 Å². The molecule has 0 saturated heterocycles. The molecule has 1 aliphatic heterocycles. The van der Waals surface area contributed by atoms with E-state index in [1.54, 1.807) is 37.6 Å². The molecule has 1 amide bonds. The second-order valence-electron chi connectivity index (χ2n) is 6.64. The smallest absolute Gasteiger partial charge is 0.255 e. The number of carbonyl (C=O) groups excluding carboxylic acids is 1. The molecule has 2 aromatic carbocycles. The number of para-hydroxylation sites is 1. The van der Waals surface area contributed by atoms with Gasteiger partial charge in [-0.25, -0.2) is 4.98 Å². The molecule has 1 aromatic heterocycles. The highest BCUT2D eigenvalue weighted by Crippen LogP contribution is 2.37. The van der Waals surface area contributed by atoms with Crippen molar-refractivity contribution in [3.05, 3.63) is 78.0 Å². The molecule has 2 heterocycles. The van der Waals surface area contributed by atoms with Crippen molar-refractivity contribution >= 4 is 23.1 Å². The zero-order chi connectivity index (χ0) is 18.8. The minimum absolute atomic E-state index is 0.174. The number of methoxy groups -OCH3 is 1. The number of rotatable bonds is 4. The van der Waals surface area contributed by atoms with Gasteiger partial charge in [0.25, 0.3) is 5.91 Å². The molecule has 0 aliphatic carbocycles. The van der Waals surface area contributed by atoms with Gasteiger partial charge in [0.15, 0.2) is 0 Å². The lowest BCUT2D eigenvalue weighted by Crippen LogP contribution is -2.24. The Hall–Kier alpha value is -3.34. The maximum Gasteiger partial charge on any atom is 0.255 e. The van der Waals surface area contributed by atoms with Crippen molar-refractivity contribution in [1.29, 1.82) is 0 Å². The summed E-state index contributed by atoms with van der Waals surface area (Å²) >= 11 is 0. The predicted octanol–water partition coefficient (Wildman–Crippen LogP) is 4.43. The summed E-state index contributed by atoms with van der Waals surface area (Å²) in [7, 11) is 1.60. The summed E-state index contributed by atoms with van der Waals surface area (Å²) in [6, 6.07) is 19.6. The number of carbonyl (C=O) groups is 1. The minimum Gasteiger partial charge on any atom is -0.497 e. The highest BCUT2D eigenvalue weighted by Gasteiger charge is 2.27. The predicted molar refractivity (Wildman–Crippen MR) is 107 cm³/mol. The van der Waals surface area contributed by atoms with Gasteiger partial charge in [-0.05, 0) is 61.4 Å². The monoisotopic (exact) mass is 359 g/mol. The lowest BCUT2D eigenvalue weighted by molar-refractivity contribution is 0.102. The molecule has 1 unspecified atom stereocenters. The molecule has 0 fully saturated rings. The second-order valence-corrected chi connectivity index (χ2v) is 6.64. The van der Waals surface area contributed by atoms with Crippen LogP contribution in [0.15, 0.2) is 66.9 Å². The number of anilines is 3. The molecule has 5 heteroatoms. The summed E-state index contributed by atoms with van der Waals surface area (Å²) in [6.45, 7) is 2.20. The molecule has 0 radical (unpaired) electrons. The van der Waals surface area contributed by atoms with E-state index < -0.39 is 0 Å². The summed E-state index contributed by atoms with van der Waals surface area (Å²) in [4.78, 5) is 19.2. The molecule has 3 aromatic rings. The highest BCUT2D eigenvalue weighted by molar-refractivity contribution is 6.04. The first-order chi connectivity index (χ1) is 13.2. The maximum absolute atomic E-state index is 12.4. The lowest BCUT2D eigenvalue weighted by Gasteiger charge is -2.24. The molecule has 0 saturated carbocycles. The number of nitrogens with one attached hydrogen (secondary N) is 1. The van der Waals surface area contributed by atoms with E-state index in [1.165, 1.54) is 11.3 Å². The van der Waals surface area contributed by atoms with Gasteiger partial charge in [0.05, 0.1) is 19.0 Å². The van der Waals surface area contributed by atoms with Gasteiger partial charge in [-0.3, -0.25) is 4.79 Å². The van der Waals surface area contributed by atoms with Crippen molar-refractivity contribution in [2.45, 2.75) is 19.4 Å².